The summed E-state index contributed by atoms with van der Waals surface area (Å²) in [5.74, 6) is 7.93. The SMILES string of the molecule is COc1ccc(C=NNc2nnc(C)n2N)cc1OC. The Hall–Kier alpha value is -2.77. The molecular weight excluding hydrogens is 260 g/mol. The van der Waals surface area contributed by atoms with Crippen LogP contribution in [0.25, 0.3) is 0 Å². The molecule has 0 spiro atoms. The number of nitrogens with two attached hydrogens (primary N) is 1. The number of rotatable bonds is 5. The van der Waals surface area contributed by atoms with Crippen molar-refractivity contribution in [1.82, 2.24) is 14.9 Å². The first-order valence-corrected chi connectivity index (χ1v) is 5.84. The third-order valence-electron chi connectivity index (χ3n) is 2.65. The van der Waals surface area contributed by atoms with E-state index in [0.717, 1.165) is 5.56 Å². The van der Waals surface area contributed by atoms with Crippen LogP contribution in [0.5, 0.6) is 11.5 Å². The Morgan fingerprint density at radius 1 is 1.25 bits per heavy atom. The number of hydrogen-bond acceptors (Lipinski definition) is 7. The van der Waals surface area contributed by atoms with Gasteiger partial charge in [-0.1, -0.05) is 0 Å². The topological polar surface area (TPSA) is 99.6 Å². The molecule has 106 valence electrons. The normalized spacial score (nSPS) is 10.8. The second-order valence-electron chi connectivity index (χ2n) is 3.93. The largest absolute Gasteiger partial charge is 0.493 e. The van der Waals surface area contributed by atoms with E-state index in [-0.39, 0.29) is 0 Å². The zero-order chi connectivity index (χ0) is 14.5. The summed E-state index contributed by atoms with van der Waals surface area (Å²) in [5.41, 5.74) is 3.55. The summed E-state index contributed by atoms with van der Waals surface area (Å²) in [6.45, 7) is 1.75. The zero-order valence-electron chi connectivity index (χ0n) is 11.5. The van der Waals surface area contributed by atoms with Crippen molar-refractivity contribution in [2.45, 2.75) is 6.92 Å². The summed E-state index contributed by atoms with van der Waals surface area (Å²) in [7, 11) is 3.17. The molecule has 2 rings (SSSR count). The first-order chi connectivity index (χ1) is 9.65. The highest BCUT2D eigenvalue weighted by atomic mass is 16.5. The van der Waals surface area contributed by atoms with Crippen LogP contribution in [0.1, 0.15) is 11.4 Å². The van der Waals surface area contributed by atoms with E-state index in [0.29, 0.717) is 23.3 Å². The molecule has 8 nitrogen and oxygen atoms in total. The van der Waals surface area contributed by atoms with Crippen molar-refractivity contribution in [1.29, 1.82) is 0 Å². The van der Waals surface area contributed by atoms with Gasteiger partial charge in [0.25, 0.3) is 5.95 Å². The average molecular weight is 276 g/mol. The number of hydrogen-bond donors (Lipinski definition) is 2. The Morgan fingerprint density at radius 2 is 2.00 bits per heavy atom. The molecule has 0 unspecified atom stereocenters. The van der Waals surface area contributed by atoms with Crippen molar-refractivity contribution in [2.75, 3.05) is 25.5 Å². The van der Waals surface area contributed by atoms with Crippen molar-refractivity contribution in [3.8, 4) is 11.5 Å². The van der Waals surface area contributed by atoms with Crippen LogP contribution in [0.3, 0.4) is 0 Å². The van der Waals surface area contributed by atoms with E-state index < -0.39 is 0 Å². The highest BCUT2D eigenvalue weighted by Crippen LogP contribution is 2.26. The number of aryl methyl sites for hydroxylation is 1. The fraction of sp³-hybridized carbons (Fsp3) is 0.250. The summed E-state index contributed by atoms with van der Waals surface area (Å²) >= 11 is 0. The van der Waals surface area contributed by atoms with Crippen LogP contribution in [-0.2, 0) is 0 Å². The molecule has 8 heteroatoms. The number of methoxy groups -OCH3 is 2. The molecule has 0 amide bonds. The summed E-state index contributed by atoms with van der Waals surface area (Å²) in [4.78, 5) is 0. The Kier molecular flexibility index (Phi) is 4.04. The van der Waals surface area contributed by atoms with Crippen LogP contribution in [0.2, 0.25) is 0 Å². The van der Waals surface area contributed by atoms with Gasteiger partial charge in [0.1, 0.15) is 0 Å². The van der Waals surface area contributed by atoms with E-state index in [1.807, 2.05) is 12.1 Å². The molecule has 0 atom stereocenters. The molecule has 1 aromatic heterocycles. The minimum Gasteiger partial charge on any atom is -0.493 e. The van der Waals surface area contributed by atoms with E-state index in [1.54, 1.807) is 33.4 Å². The fourth-order valence-electron chi connectivity index (χ4n) is 1.54. The van der Waals surface area contributed by atoms with Crippen molar-refractivity contribution < 1.29 is 9.47 Å². The predicted molar refractivity (Wildman–Crippen MR) is 75.7 cm³/mol. The number of ether oxygens (including phenoxy) is 2. The first kappa shape index (κ1) is 13.7. The quantitative estimate of drug-likeness (QED) is 0.475. The number of nitrogen functional groups attached to an aromatic ring is 1. The Morgan fingerprint density at radius 3 is 2.60 bits per heavy atom. The molecule has 3 N–H and O–H groups in total. The summed E-state index contributed by atoms with van der Waals surface area (Å²) in [6, 6.07) is 5.46. The first-order valence-electron chi connectivity index (χ1n) is 5.84. The lowest BCUT2D eigenvalue weighted by molar-refractivity contribution is 0.355. The van der Waals surface area contributed by atoms with Crippen molar-refractivity contribution in [3.05, 3.63) is 29.6 Å². The highest BCUT2D eigenvalue weighted by Gasteiger charge is 2.04. The van der Waals surface area contributed by atoms with Crippen LogP contribution < -0.4 is 20.7 Å². The molecule has 0 aliphatic carbocycles. The minimum absolute atomic E-state index is 0.360. The number of hydrazone groups is 1. The lowest BCUT2D eigenvalue weighted by atomic mass is 10.2. The molecule has 1 aromatic carbocycles. The Labute approximate surface area is 116 Å². The van der Waals surface area contributed by atoms with Gasteiger partial charge in [0.05, 0.1) is 20.4 Å². The second-order valence-corrected chi connectivity index (χ2v) is 3.93. The minimum atomic E-state index is 0.360. The van der Waals surface area contributed by atoms with Gasteiger partial charge in [-0.25, -0.2) is 10.1 Å². The van der Waals surface area contributed by atoms with Crippen molar-refractivity contribution >= 4 is 12.2 Å². The molecule has 0 saturated carbocycles. The maximum absolute atomic E-state index is 5.68. The standard InChI is InChI=1S/C12H16N6O2/c1-8-15-17-12(18(8)13)16-14-7-9-4-5-10(19-2)11(6-9)20-3/h4-7H,13H2,1-3H3,(H,16,17). The van der Waals surface area contributed by atoms with Gasteiger partial charge >= 0.3 is 0 Å². The van der Waals surface area contributed by atoms with Crippen LogP contribution in [0, 0.1) is 6.92 Å². The predicted octanol–water partition coefficient (Wildman–Crippen LogP) is 0.764. The van der Waals surface area contributed by atoms with Crippen molar-refractivity contribution in [3.63, 3.8) is 0 Å². The maximum atomic E-state index is 5.68. The van der Waals surface area contributed by atoms with Crippen LogP contribution in [-0.4, -0.2) is 35.3 Å². The summed E-state index contributed by atoms with van der Waals surface area (Å²) < 4.78 is 11.7. The van der Waals surface area contributed by atoms with Crippen LogP contribution in [0.4, 0.5) is 5.95 Å². The van der Waals surface area contributed by atoms with E-state index in [4.69, 9.17) is 15.3 Å². The molecule has 0 saturated heterocycles. The van der Waals surface area contributed by atoms with Gasteiger partial charge in [-0.05, 0) is 30.7 Å². The fourth-order valence-corrected chi connectivity index (χ4v) is 1.54. The second kappa shape index (κ2) is 5.91. The van der Waals surface area contributed by atoms with Crippen molar-refractivity contribution in [2.24, 2.45) is 5.10 Å². The van der Waals surface area contributed by atoms with Gasteiger partial charge in [-0.15, -0.1) is 10.2 Å². The molecule has 0 aliphatic rings. The van der Waals surface area contributed by atoms with E-state index in [1.165, 1.54) is 4.68 Å². The van der Waals surface area contributed by atoms with Gasteiger partial charge < -0.3 is 15.3 Å². The number of nitrogens with zero attached hydrogens (tertiary/aromatic N) is 4. The zero-order valence-corrected chi connectivity index (χ0v) is 11.5. The van der Waals surface area contributed by atoms with Gasteiger partial charge in [-0.2, -0.15) is 5.10 Å². The number of aromatic nitrogens is 3. The van der Waals surface area contributed by atoms with Crippen LogP contribution >= 0.6 is 0 Å². The lowest BCUT2D eigenvalue weighted by Crippen LogP contribution is -2.13. The molecular formula is C12H16N6O2. The third-order valence-corrected chi connectivity index (χ3v) is 2.65. The molecule has 1 heterocycles. The summed E-state index contributed by atoms with van der Waals surface area (Å²) in [6.07, 6.45) is 1.62. The highest BCUT2D eigenvalue weighted by molar-refractivity contribution is 5.81. The number of nitrogens with one attached hydrogen (secondary N) is 1. The van der Waals surface area contributed by atoms with E-state index >= 15 is 0 Å². The van der Waals surface area contributed by atoms with Gasteiger partial charge in [0.2, 0.25) is 0 Å². The average Bonchev–Trinajstić information content (AvgIpc) is 2.79. The Balaban J connectivity index is 2.10. The molecule has 0 aliphatic heterocycles. The third kappa shape index (κ3) is 2.79. The molecule has 0 fully saturated rings. The van der Waals surface area contributed by atoms with Crippen LogP contribution in [0.15, 0.2) is 23.3 Å². The summed E-state index contributed by atoms with van der Waals surface area (Å²) in [5, 5.41) is 11.7. The van der Waals surface area contributed by atoms with E-state index in [9.17, 15) is 0 Å². The smallest absolute Gasteiger partial charge is 0.263 e. The molecule has 2 aromatic rings. The van der Waals surface area contributed by atoms with Gasteiger partial charge in [0.15, 0.2) is 17.3 Å². The van der Waals surface area contributed by atoms with E-state index in [2.05, 4.69) is 20.7 Å². The number of benzene rings is 1. The molecule has 20 heavy (non-hydrogen) atoms. The molecule has 0 bridgehead atoms. The molecule has 0 radical (unpaired) electrons. The van der Waals surface area contributed by atoms with Gasteiger partial charge in [-0.3, -0.25) is 0 Å². The Bertz CT molecular complexity index is 622. The monoisotopic (exact) mass is 276 g/mol. The maximum Gasteiger partial charge on any atom is 0.263 e. The van der Waals surface area contributed by atoms with Gasteiger partial charge in [0, 0.05) is 0 Å². The number of anilines is 1. The lowest BCUT2D eigenvalue weighted by Gasteiger charge is -2.07.